The van der Waals surface area contributed by atoms with Gasteiger partial charge in [0.25, 0.3) is 0 Å². The first kappa shape index (κ1) is 17.9. The number of fused-ring (bicyclic) bond motifs is 1. The van der Waals surface area contributed by atoms with E-state index in [1.54, 1.807) is 0 Å². The minimum atomic E-state index is 0.247. The molecule has 0 saturated carbocycles. The lowest BCUT2D eigenvalue weighted by molar-refractivity contribution is 0.106. The molecule has 4 rings (SSSR count). The zero-order valence-corrected chi connectivity index (χ0v) is 16.4. The fourth-order valence-corrected chi connectivity index (χ4v) is 3.81. The molecule has 3 aromatic rings. The predicted octanol–water partition coefficient (Wildman–Crippen LogP) is 4.97. The minimum absolute atomic E-state index is 0.247. The Balaban J connectivity index is 1.48. The smallest absolute Gasteiger partial charge is 0.223 e. The van der Waals surface area contributed by atoms with Crippen LogP contribution in [-0.4, -0.2) is 39.5 Å². The zero-order chi connectivity index (χ0) is 18.9. The van der Waals surface area contributed by atoms with E-state index in [0.717, 1.165) is 43.1 Å². The molecule has 1 saturated heterocycles. The summed E-state index contributed by atoms with van der Waals surface area (Å²) in [5, 5.41) is 6.03. The SMILES string of the molecule is CC(C)(C)N1CCC(Nc2nccc(-c3ccc4ccccc4c3)n2)CC1. The van der Waals surface area contributed by atoms with Gasteiger partial charge in [-0.05, 0) is 56.5 Å². The van der Waals surface area contributed by atoms with Crippen LogP contribution in [0.3, 0.4) is 0 Å². The van der Waals surface area contributed by atoms with Crippen LogP contribution >= 0.6 is 0 Å². The quantitative estimate of drug-likeness (QED) is 0.716. The molecule has 2 heterocycles. The van der Waals surface area contributed by atoms with Gasteiger partial charge in [-0.1, -0.05) is 36.4 Å². The Labute approximate surface area is 161 Å². The Morgan fingerprint density at radius 2 is 1.70 bits per heavy atom. The van der Waals surface area contributed by atoms with E-state index in [9.17, 15) is 0 Å². The maximum Gasteiger partial charge on any atom is 0.223 e. The van der Waals surface area contributed by atoms with Crippen LogP contribution < -0.4 is 5.32 Å². The molecule has 1 fully saturated rings. The average Bonchev–Trinajstić information content (AvgIpc) is 2.67. The fraction of sp³-hybridized carbons (Fsp3) is 0.391. The number of hydrogen-bond donors (Lipinski definition) is 1. The van der Waals surface area contributed by atoms with Crippen molar-refractivity contribution in [1.29, 1.82) is 0 Å². The first-order chi connectivity index (χ1) is 13.0. The summed E-state index contributed by atoms with van der Waals surface area (Å²) in [5.41, 5.74) is 2.34. The van der Waals surface area contributed by atoms with Gasteiger partial charge in [0.2, 0.25) is 5.95 Å². The van der Waals surface area contributed by atoms with Crippen molar-refractivity contribution in [3.63, 3.8) is 0 Å². The van der Waals surface area contributed by atoms with Crippen molar-refractivity contribution in [3.05, 3.63) is 54.7 Å². The summed E-state index contributed by atoms with van der Waals surface area (Å²) in [7, 11) is 0. The van der Waals surface area contributed by atoms with Gasteiger partial charge in [-0.15, -0.1) is 0 Å². The number of nitrogens with one attached hydrogen (secondary N) is 1. The van der Waals surface area contributed by atoms with Crippen LogP contribution in [0.1, 0.15) is 33.6 Å². The lowest BCUT2D eigenvalue weighted by atomic mass is 9.98. The Bertz CT molecular complexity index is 921. The van der Waals surface area contributed by atoms with Gasteiger partial charge in [0.15, 0.2) is 0 Å². The second-order valence-electron chi connectivity index (χ2n) is 8.40. The summed E-state index contributed by atoms with van der Waals surface area (Å²) in [6, 6.07) is 17.3. The van der Waals surface area contributed by atoms with Crippen molar-refractivity contribution >= 4 is 16.7 Å². The van der Waals surface area contributed by atoms with Crippen LogP contribution in [0.15, 0.2) is 54.7 Å². The molecular formula is C23H28N4. The minimum Gasteiger partial charge on any atom is -0.351 e. The molecule has 1 aliphatic heterocycles. The highest BCUT2D eigenvalue weighted by atomic mass is 15.2. The molecule has 4 nitrogen and oxygen atoms in total. The Kier molecular flexibility index (Phi) is 4.83. The average molecular weight is 361 g/mol. The first-order valence-corrected chi connectivity index (χ1v) is 9.83. The van der Waals surface area contributed by atoms with E-state index in [1.165, 1.54) is 10.8 Å². The number of benzene rings is 2. The van der Waals surface area contributed by atoms with Crippen molar-refractivity contribution in [3.8, 4) is 11.3 Å². The van der Waals surface area contributed by atoms with Crippen molar-refractivity contribution in [2.24, 2.45) is 0 Å². The van der Waals surface area contributed by atoms with Crippen molar-refractivity contribution < 1.29 is 0 Å². The van der Waals surface area contributed by atoms with Crippen LogP contribution in [0.4, 0.5) is 5.95 Å². The predicted molar refractivity (Wildman–Crippen MR) is 113 cm³/mol. The number of hydrogen-bond acceptors (Lipinski definition) is 4. The van der Waals surface area contributed by atoms with Crippen LogP contribution in [0, 0.1) is 0 Å². The lowest BCUT2D eigenvalue weighted by Gasteiger charge is -2.41. The molecule has 1 aliphatic rings. The number of anilines is 1. The largest absolute Gasteiger partial charge is 0.351 e. The number of rotatable bonds is 3. The van der Waals surface area contributed by atoms with E-state index in [-0.39, 0.29) is 5.54 Å². The summed E-state index contributed by atoms with van der Waals surface area (Å²) in [5.74, 6) is 0.731. The van der Waals surface area contributed by atoms with E-state index < -0.39 is 0 Å². The van der Waals surface area contributed by atoms with Crippen molar-refractivity contribution in [1.82, 2.24) is 14.9 Å². The van der Waals surface area contributed by atoms with Crippen molar-refractivity contribution in [2.45, 2.75) is 45.2 Å². The molecule has 1 N–H and O–H groups in total. The van der Waals surface area contributed by atoms with Gasteiger partial charge in [-0.2, -0.15) is 0 Å². The molecule has 0 aliphatic carbocycles. The summed E-state index contributed by atoms with van der Waals surface area (Å²) in [6.45, 7) is 9.10. The second-order valence-corrected chi connectivity index (χ2v) is 8.40. The van der Waals surface area contributed by atoms with E-state index in [0.29, 0.717) is 6.04 Å². The van der Waals surface area contributed by atoms with E-state index in [2.05, 4.69) is 78.4 Å². The number of piperidine rings is 1. The molecule has 0 spiro atoms. The highest BCUT2D eigenvalue weighted by molar-refractivity contribution is 5.86. The van der Waals surface area contributed by atoms with Gasteiger partial charge in [-0.3, -0.25) is 4.90 Å². The summed E-state index contributed by atoms with van der Waals surface area (Å²) < 4.78 is 0. The normalized spacial score (nSPS) is 16.6. The second kappa shape index (κ2) is 7.28. The summed E-state index contributed by atoms with van der Waals surface area (Å²) in [6.07, 6.45) is 4.10. The molecule has 27 heavy (non-hydrogen) atoms. The lowest BCUT2D eigenvalue weighted by Crippen LogP contribution is -2.48. The molecule has 0 amide bonds. The highest BCUT2D eigenvalue weighted by Gasteiger charge is 2.27. The van der Waals surface area contributed by atoms with Crippen LogP contribution in [0.5, 0.6) is 0 Å². The van der Waals surface area contributed by atoms with Crippen LogP contribution in [0.2, 0.25) is 0 Å². The van der Waals surface area contributed by atoms with Gasteiger partial charge in [-0.25, -0.2) is 9.97 Å². The van der Waals surface area contributed by atoms with Gasteiger partial charge >= 0.3 is 0 Å². The molecule has 0 bridgehead atoms. The van der Waals surface area contributed by atoms with Crippen LogP contribution in [0.25, 0.3) is 22.0 Å². The third-order valence-electron chi connectivity index (χ3n) is 5.48. The molecule has 140 valence electrons. The molecule has 4 heteroatoms. The topological polar surface area (TPSA) is 41.0 Å². The third kappa shape index (κ3) is 4.11. The Hall–Kier alpha value is -2.46. The van der Waals surface area contributed by atoms with Crippen LogP contribution in [-0.2, 0) is 0 Å². The Morgan fingerprint density at radius 3 is 2.44 bits per heavy atom. The van der Waals surface area contributed by atoms with Crippen molar-refractivity contribution in [2.75, 3.05) is 18.4 Å². The standard InChI is InChI=1S/C23H28N4/c1-23(2,3)27-14-11-20(12-15-27)25-22-24-13-10-21(26-22)19-9-8-17-6-4-5-7-18(17)16-19/h4-10,13,16,20H,11-12,14-15H2,1-3H3,(H,24,25,26). The molecular weight excluding hydrogens is 332 g/mol. The summed E-state index contributed by atoms with van der Waals surface area (Å²) >= 11 is 0. The maximum absolute atomic E-state index is 4.78. The highest BCUT2D eigenvalue weighted by Crippen LogP contribution is 2.25. The van der Waals surface area contributed by atoms with Gasteiger partial charge in [0.1, 0.15) is 0 Å². The fourth-order valence-electron chi connectivity index (χ4n) is 3.81. The monoisotopic (exact) mass is 360 g/mol. The third-order valence-corrected chi connectivity index (χ3v) is 5.48. The molecule has 2 aromatic carbocycles. The molecule has 1 aromatic heterocycles. The van der Waals surface area contributed by atoms with Gasteiger partial charge in [0.05, 0.1) is 5.69 Å². The van der Waals surface area contributed by atoms with Gasteiger partial charge in [0, 0.05) is 36.4 Å². The zero-order valence-electron chi connectivity index (χ0n) is 16.4. The summed E-state index contributed by atoms with van der Waals surface area (Å²) in [4.78, 5) is 11.8. The van der Waals surface area contributed by atoms with E-state index in [4.69, 9.17) is 4.98 Å². The number of aromatic nitrogens is 2. The molecule has 0 unspecified atom stereocenters. The molecule has 0 radical (unpaired) electrons. The maximum atomic E-state index is 4.78. The molecule has 0 atom stereocenters. The first-order valence-electron chi connectivity index (χ1n) is 9.83. The van der Waals surface area contributed by atoms with E-state index in [1.807, 2.05) is 12.3 Å². The van der Waals surface area contributed by atoms with Gasteiger partial charge < -0.3 is 5.32 Å². The Morgan fingerprint density at radius 1 is 0.963 bits per heavy atom. The number of nitrogens with zero attached hydrogens (tertiary/aromatic N) is 3. The van der Waals surface area contributed by atoms with E-state index >= 15 is 0 Å². The number of likely N-dealkylation sites (tertiary alicyclic amines) is 1.